The average molecular weight is 249 g/mol. The summed E-state index contributed by atoms with van der Waals surface area (Å²) in [6.07, 6.45) is 0. The van der Waals surface area contributed by atoms with E-state index in [9.17, 15) is 9.90 Å². The Balaban J connectivity index is 2.07. The number of nitrogen functional groups attached to an aromatic ring is 1. The molecule has 0 bridgehead atoms. The summed E-state index contributed by atoms with van der Waals surface area (Å²) in [5, 5.41) is 11.4. The van der Waals surface area contributed by atoms with Crippen LogP contribution in [0.2, 0.25) is 0 Å². The molecule has 0 amide bonds. The molecule has 1 aromatic heterocycles. The summed E-state index contributed by atoms with van der Waals surface area (Å²) in [6.45, 7) is 0.199. The maximum atomic E-state index is 11.7. The summed E-state index contributed by atoms with van der Waals surface area (Å²) in [7, 11) is 0. The van der Waals surface area contributed by atoms with E-state index < -0.39 is 5.97 Å². The minimum absolute atomic E-state index is 0.0848. The van der Waals surface area contributed by atoms with Crippen LogP contribution in [0.5, 0.6) is 5.75 Å². The second-order valence-electron chi connectivity index (χ2n) is 3.43. The van der Waals surface area contributed by atoms with Crippen LogP contribution < -0.4 is 5.73 Å². The number of thiophene rings is 1. The van der Waals surface area contributed by atoms with E-state index in [0.29, 0.717) is 5.69 Å². The Kier molecular flexibility index (Phi) is 3.30. The lowest BCUT2D eigenvalue weighted by Crippen LogP contribution is -2.05. The Hall–Kier alpha value is -2.01. The normalized spacial score (nSPS) is 10.1. The maximum Gasteiger partial charge on any atom is 0.342 e. The molecule has 4 nitrogen and oxygen atoms in total. The molecule has 0 aliphatic heterocycles. The van der Waals surface area contributed by atoms with E-state index in [2.05, 4.69) is 0 Å². The molecule has 0 spiro atoms. The predicted molar refractivity (Wildman–Crippen MR) is 66.0 cm³/mol. The van der Waals surface area contributed by atoms with Gasteiger partial charge in [-0.05, 0) is 29.6 Å². The molecule has 0 unspecified atom stereocenters. The number of esters is 1. The van der Waals surface area contributed by atoms with Gasteiger partial charge in [-0.2, -0.15) is 0 Å². The summed E-state index contributed by atoms with van der Waals surface area (Å²) in [4.78, 5) is 12.6. The average Bonchev–Trinajstić information content (AvgIpc) is 2.82. The van der Waals surface area contributed by atoms with Crippen LogP contribution in [0.4, 0.5) is 5.69 Å². The number of phenols is 1. The highest BCUT2D eigenvalue weighted by molar-refractivity contribution is 7.09. The maximum absolute atomic E-state index is 11.7. The number of hydrogen-bond acceptors (Lipinski definition) is 5. The quantitative estimate of drug-likeness (QED) is 0.497. The van der Waals surface area contributed by atoms with Gasteiger partial charge in [0, 0.05) is 10.6 Å². The number of rotatable bonds is 3. The van der Waals surface area contributed by atoms with Gasteiger partial charge in [-0.25, -0.2) is 4.79 Å². The van der Waals surface area contributed by atoms with Crippen LogP contribution >= 0.6 is 11.3 Å². The van der Waals surface area contributed by atoms with Crippen LogP contribution in [0.25, 0.3) is 0 Å². The summed E-state index contributed by atoms with van der Waals surface area (Å²) in [6, 6.07) is 8.04. The van der Waals surface area contributed by atoms with Crippen molar-refractivity contribution in [1.82, 2.24) is 0 Å². The van der Waals surface area contributed by atoms with Crippen molar-refractivity contribution in [3.8, 4) is 5.75 Å². The molecule has 0 radical (unpaired) electrons. The smallest absolute Gasteiger partial charge is 0.342 e. The van der Waals surface area contributed by atoms with Gasteiger partial charge in [0.2, 0.25) is 0 Å². The van der Waals surface area contributed by atoms with E-state index >= 15 is 0 Å². The highest BCUT2D eigenvalue weighted by Crippen LogP contribution is 2.21. The minimum Gasteiger partial charge on any atom is -0.507 e. The molecule has 2 aromatic rings. The summed E-state index contributed by atoms with van der Waals surface area (Å²) in [5.41, 5.74) is 6.03. The monoisotopic (exact) mass is 249 g/mol. The number of ether oxygens (including phenoxy) is 1. The zero-order valence-corrected chi connectivity index (χ0v) is 9.74. The summed E-state index contributed by atoms with van der Waals surface area (Å²) in [5.74, 6) is -0.710. The van der Waals surface area contributed by atoms with E-state index in [1.807, 2.05) is 17.5 Å². The number of anilines is 1. The third kappa shape index (κ3) is 2.76. The molecule has 0 fully saturated rings. The number of aromatic hydroxyl groups is 1. The predicted octanol–water partition coefficient (Wildman–Crippen LogP) is 2.39. The molecule has 88 valence electrons. The molecule has 1 aromatic carbocycles. The first-order valence-electron chi connectivity index (χ1n) is 4.95. The summed E-state index contributed by atoms with van der Waals surface area (Å²) < 4.78 is 5.06. The Bertz CT molecular complexity index is 523. The number of nitrogens with two attached hydrogens (primary N) is 1. The van der Waals surface area contributed by atoms with Gasteiger partial charge >= 0.3 is 5.97 Å². The molecule has 17 heavy (non-hydrogen) atoms. The van der Waals surface area contributed by atoms with Crippen molar-refractivity contribution in [1.29, 1.82) is 0 Å². The Morgan fingerprint density at radius 2 is 2.24 bits per heavy atom. The number of hydrogen-bond donors (Lipinski definition) is 2. The second kappa shape index (κ2) is 4.88. The molecule has 1 heterocycles. The van der Waals surface area contributed by atoms with Gasteiger partial charge in [0.1, 0.15) is 17.9 Å². The van der Waals surface area contributed by atoms with Crippen molar-refractivity contribution < 1.29 is 14.6 Å². The molecule has 0 saturated carbocycles. The van der Waals surface area contributed by atoms with Crippen molar-refractivity contribution in [2.45, 2.75) is 6.61 Å². The van der Waals surface area contributed by atoms with Gasteiger partial charge in [-0.15, -0.1) is 11.3 Å². The van der Waals surface area contributed by atoms with E-state index in [1.165, 1.54) is 29.5 Å². The van der Waals surface area contributed by atoms with E-state index in [4.69, 9.17) is 10.5 Å². The van der Waals surface area contributed by atoms with Crippen molar-refractivity contribution in [3.05, 3.63) is 46.2 Å². The van der Waals surface area contributed by atoms with Crippen molar-refractivity contribution in [2.75, 3.05) is 5.73 Å². The van der Waals surface area contributed by atoms with Gasteiger partial charge < -0.3 is 15.6 Å². The van der Waals surface area contributed by atoms with Gasteiger partial charge in [0.05, 0.1) is 0 Å². The van der Waals surface area contributed by atoms with Gasteiger partial charge in [-0.3, -0.25) is 0 Å². The van der Waals surface area contributed by atoms with Crippen LogP contribution in [0.1, 0.15) is 15.2 Å². The molecule has 0 aliphatic carbocycles. The fourth-order valence-corrected chi connectivity index (χ4v) is 1.94. The van der Waals surface area contributed by atoms with Crippen LogP contribution in [-0.4, -0.2) is 11.1 Å². The second-order valence-corrected chi connectivity index (χ2v) is 4.46. The minimum atomic E-state index is -0.580. The first-order chi connectivity index (χ1) is 8.16. The Morgan fingerprint density at radius 1 is 1.41 bits per heavy atom. The Labute approximate surface area is 102 Å². The standard InChI is InChI=1S/C12H11NO3S/c13-8-3-4-11(14)10(6-8)12(15)16-7-9-2-1-5-17-9/h1-6,14H,7,13H2. The van der Waals surface area contributed by atoms with Gasteiger partial charge in [0.25, 0.3) is 0 Å². The van der Waals surface area contributed by atoms with E-state index in [1.54, 1.807) is 0 Å². The highest BCUT2D eigenvalue weighted by Gasteiger charge is 2.13. The van der Waals surface area contributed by atoms with Crippen molar-refractivity contribution in [3.63, 3.8) is 0 Å². The molecule has 3 N–H and O–H groups in total. The lowest BCUT2D eigenvalue weighted by Gasteiger charge is -2.05. The number of carbonyl (C=O) groups excluding carboxylic acids is 1. The lowest BCUT2D eigenvalue weighted by molar-refractivity contribution is 0.0473. The number of benzene rings is 1. The van der Waals surface area contributed by atoms with Crippen LogP contribution in [-0.2, 0) is 11.3 Å². The molecule has 0 aliphatic rings. The largest absolute Gasteiger partial charge is 0.507 e. The van der Waals surface area contributed by atoms with Crippen LogP contribution in [0.15, 0.2) is 35.7 Å². The topological polar surface area (TPSA) is 72.5 Å². The lowest BCUT2D eigenvalue weighted by atomic mass is 10.2. The Morgan fingerprint density at radius 3 is 2.94 bits per heavy atom. The third-order valence-corrected chi connectivity index (χ3v) is 3.02. The van der Waals surface area contributed by atoms with Gasteiger partial charge in [0.15, 0.2) is 0 Å². The molecule has 0 saturated heterocycles. The van der Waals surface area contributed by atoms with Crippen LogP contribution in [0, 0.1) is 0 Å². The number of phenolic OH excluding ortho intramolecular Hbond substituents is 1. The zero-order valence-electron chi connectivity index (χ0n) is 8.92. The molecule has 0 atom stereocenters. The molecular formula is C12H11NO3S. The zero-order chi connectivity index (χ0) is 12.3. The van der Waals surface area contributed by atoms with Crippen molar-refractivity contribution >= 4 is 23.0 Å². The molecule has 5 heteroatoms. The SMILES string of the molecule is Nc1ccc(O)c(C(=O)OCc2cccs2)c1. The van der Waals surface area contributed by atoms with Crippen molar-refractivity contribution in [2.24, 2.45) is 0 Å². The van der Waals surface area contributed by atoms with E-state index in [-0.39, 0.29) is 17.9 Å². The molecular weight excluding hydrogens is 238 g/mol. The first kappa shape index (κ1) is 11.5. The third-order valence-electron chi connectivity index (χ3n) is 2.17. The van der Waals surface area contributed by atoms with E-state index in [0.717, 1.165) is 4.88 Å². The van der Waals surface area contributed by atoms with Gasteiger partial charge in [-0.1, -0.05) is 6.07 Å². The first-order valence-corrected chi connectivity index (χ1v) is 5.83. The summed E-state index contributed by atoms with van der Waals surface area (Å²) >= 11 is 1.50. The number of carbonyl (C=O) groups is 1. The molecule has 2 rings (SSSR count). The highest BCUT2D eigenvalue weighted by atomic mass is 32.1. The fourth-order valence-electron chi connectivity index (χ4n) is 1.33. The fraction of sp³-hybridized carbons (Fsp3) is 0.0833. The van der Waals surface area contributed by atoms with Crippen LogP contribution in [0.3, 0.4) is 0 Å².